The van der Waals surface area contributed by atoms with Crippen LogP contribution in [0, 0.1) is 5.82 Å². The van der Waals surface area contributed by atoms with Crippen molar-refractivity contribution in [3.63, 3.8) is 0 Å². The molecule has 0 saturated heterocycles. The Morgan fingerprint density at radius 1 is 0.923 bits per heavy atom. The summed E-state index contributed by atoms with van der Waals surface area (Å²) in [6, 6.07) is 22.4. The molecule has 0 fully saturated rings. The summed E-state index contributed by atoms with van der Waals surface area (Å²) in [5.74, 6) is -0.237. The standard InChI is InChI=1S/C21H15BrClFN2/c22-16-5-1-14(2-6-16)20-13-21(15-3-9-18(24)10-4-15)26(25-20)19-11-7-17(23)8-12-19/h1-12,21H,13H2/t21-/m0/s1. The number of nitrogens with zero attached hydrogens (tertiary/aromatic N) is 2. The molecule has 0 spiro atoms. The highest BCUT2D eigenvalue weighted by atomic mass is 79.9. The van der Waals surface area contributed by atoms with Crippen LogP contribution in [-0.2, 0) is 0 Å². The molecule has 5 heteroatoms. The molecule has 0 saturated carbocycles. The molecule has 4 rings (SSSR count). The Labute approximate surface area is 165 Å². The zero-order chi connectivity index (χ0) is 18.1. The monoisotopic (exact) mass is 428 g/mol. The number of halogens is 3. The quantitative estimate of drug-likeness (QED) is 0.458. The molecule has 130 valence electrons. The third-order valence-electron chi connectivity index (χ3n) is 4.43. The summed E-state index contributed by atoms with van der Waals surface area (Å²) in [5.41, 5.74) is 4.06. The average molecular weight is 430 g/mol. The summed E-state index contributed by atoms with van der Waals surface area (Å²) in [6.45, 7) is 0. The highest BCUT2D eigenvalue weighted by molar-refractivity contribution is 9.10. The van der Waals surface area contributed by atoms with Crippen LogP contribution in [0.1, 0.15) is 23.6 Å². The number of hydrogen-bond acceptors (Lipinski definition) is 2. The lowest BCUT2D eigenvalue weighted by molar-refractivity contribution is 0.624. The largest absolute Gasteiger partial charge is 0.257 e. The van der Waals surface area contributed by atoms with E-state index in [1.54, 1.807) is 0 Å². The predicted molar refractivity (Wildman–Crippen MR) is 108 cm³/mol. The summed E-state index contributed by atoms with van der Waals surface area (Å²) in [6.07, 6.45) is 0.746. The molecule has 0 aromatic heterocycles. The van der Waals surface area contributed by atoms with Gasteiger partial charge in [-0.05, 0) is 59.7 Å². The second-order valence-electron chi connectivity index (χ2n) is 6.15. The molecule has 0 unspecified atom stereocenters. The fraction of sp³-hybridized carbons (Fsp3) is 0.0952. The summed E-state index contributed by atoms with van der Waals surface area (Å²) in [4.78, 5) is 0. The van der Waals surface area contributed by atoms with Crippen molar-refractivity contribution in [3.05, 3.63) is 99.2 Å². The van der Waals surface area contributed by atoms with E-state index in [-0.39, 0.29) is 11.9 Å². The molecule has 26 heavy (non-hydrogen) atoms. The predicted octanol–water partition coefficient (Wildman–Crippen LogP) is 6.60. The Kier molecular flexibility index (Phi) is 4.79. The van der Waals surface area contributed by atoms with Gasteiger partial charge in [0.2, 0.25) is 0 Å². The number of rotatable bonds is 3. The van der Waals surface area contributed by atoms with E-state index in [0.717, 1.165) is 33.4 Å². The van der Waals surface area contributed by atoms with E-state index < -0.39 is 0 Å². The summed E-state index contributed by atoms with van der Waals surface area (Å²) in [5, 5.41) is 7.54. The van der Waals surface area contributed by atoms with Crippen LogP contribution >= 0.6 is 27.5 Å². The number of anilines is 1. The number of hydrazone groups is 1. The van der Waals surface area contributed by atoms with Crippen molar-refractivity contribution in [1.82, 2.24) is 0 Å². The first-order valence-corrected chi connectivity index (χ1v) is 9.41. The second-order valence-corrected chi connectivity index (χ2v) is 7.50. The smallest absolute Gasteiger partial charge is 0.123 e. The minimum absolute atomic E-state index is 0.00965. The minimum Gasteiger partial charge on any atom is -0.257 e. The normalized spacial score (nSPS) is 16.7. The molecule has 0 aliphatic carbocycles. The van der Waals surface area contributed by atoms with E-state index in [1.807, 2.05) is 53.5 Å². The Hall–Kier alpha value is -2.17. The van der Waals surface area contributed by atoms with Crippen LogP contribution in [0.3, 0.4) is 0 Å². The van der Waals surface area contributed by atoms with E-state index >= 15 is 0 Å². The highest BCUT2D eigenvalue weighted by Crippen LogP contribution is 2.37. The van der Waals surface area contributed by atoms with Crippen LogP contribution in [0.5, 0.6) is 0 Å². The van der Waals surface area contributed by atoms with Gasteiger partial charge in [-0.25, -0.2) is 4.39 Å². The lowest BCUT2D eigenvalue weighted by Gasteiger charge is -2.24. The zero-order valence-corrected chi connectivity index (χ0v) is 16.1. The van der Waals surface area contributed by atoms with Crippen LogP contribution in [0.4, 0.5) is 10.1 Å². The summed E-state index contributed by atoms with van der Waals surface area (Å²) >= 11 is 9.49. The van der Waals surface area contributed by atoms with Gasteiger partial charge < -0.3 is 0 Å². The summed E-state index contributed by atoms with van der Waals surface area (Å²) in [7, 11) is 0. The molecule has 0 radical (unpaired) electrons. The molecule has 3 aromatic carbocycles. The number of hydrogen-bond donors (Lipinski definition) is 0. The highest BCUT2D eigenvalue weighted by Gasteiger charge is 2.29. The van der Waals surface area contributed by atoms with E-state index in [0.29, 0.717) is 5.02 Å². The Bertz CT molecular complexity index is 937. The summed E-state index contributed by atoms with van der Waals surface area (Å²) < 4.78 is 14.4. The topological polar surface area (TPSA) is 15.6 Å². The Morgan fingerprint density at radius 3 is 2.23 bits per heavy atom. The molecular weight excluding hydrogens is 415 g/mol. The van der Waals surface area contributed by atoms with Crippen molar-refractivity contribution in [1.29, 1.82) is 0 Å². The van der Waals surface area contributed by atoms with E-state index in [2.05, 4.69) is 28.1 Å². The maximum absolute atomic E-state index is 13.4. The molecular formula is C21H15BrClFN2. The van der Waals surface area contributed by atoms with Crippen LogP contribution in [-0.4, -0.2) is 5.71 Å². The molecule has 1 aliphatic rings. The minimum atomic E-state index is -0.237. The maximum Gasteiger partial charge on any atom is 0.123 e. The SMILES string of the molecule is Fc1ccc([C@@H]2CC(c3ccc(Br)cc3)=NN2c2ccc(Cl)cc2)cc1. The van der Waals surface area contributed by atoms with Gasteiger partial charge in [-0.1, -0.05) is 51.8 Å². The third kappa shape index (κ3) is 3.53. The van der Waals surface area contributed by atoms with Gasteiger partial charge in [0.15, 0.2) is 0 Å². The van der Waals surface area contributed by atoms with E-state index in [1.165, 1.54) is 12.1 Å². The van der Waals surface area contributed by atoms with Gasteiger partial charge in [0.05, 0.1) is 17.4 Å². The van der Waals surface area contributed by atoms with Crippen LogP contribution < -0.4 is 5.01 Å². The second kappa shape index (κ2) is 7.22. The number of benzene rings is 3. The lowest BCUT2D eigenvalue weighted by atomic mass is 9.98. The third-order valence-corrected chi connectivity index (χ3v) is 5.21. The van der Waals surface area contributed by atoms with Crippen LogP contribution in [0.25, 0.3) is 0 Å². The van der Waals surface area contributed by atoms with Crippen molar-refractivity contribution in [3.8, 4) is 0 Å². The molecule has 1 heterocycles. The Balaban J connectivity index is 1.74. The van der Waals surface area contributed by atoms with Gasteiger partial charge in [0.25, 0.3) is 0 Å². The van der Waals surface area contributed by atoms with Gasteiger partial charge >= 0.3 is 0 Å². The van der Waals surface area contributed by atoms with E-state index in [4.69, 9.17) is 16.7 Å². The van der Waals surface area contributed by atoms with Gasteiger partial charge in [-0.3, -0.25) is 5.01 Å². The molecule has 3 aromatic rings. The van der Waals surface area contributed by atoms with Crippen LogP contribution in [0.15, 0.2) is 82.4 Å². The van der Waals surface area contributed by atoms with Crippen molar-refractivity contribution in [2.24, 2.45) is 5.10 Å². The first-order valence-electron chi connectivity index (χ1n) is 8.24. The van der Waals surface area contributed by atoms with Gasteiger partial charge in [0.1, 0.15) is 5.82 Å². The lowest BCUT2D eigenvalue weighted by Crippen LogP contribution is -2.18. The first-order chi connectivity index (χ1) is 12.6. The molecule has 0 amide bonds. The van der Waals surface area contributed by atoms with E-state index in [9.17, 15) is 4.39 Å². The van der Waals surface area contributed by atoms with Crippen molar-refractivity contribution >= 4 is 38.9 Å². The van der Waals surface area contributed by atoms with Crippen molar-refractivity contribution in [2.75, 3.05) is 5.01 Å². The first kappa shape index (κ1) is 17.3. The van der Waals surface area contributed by atoms with Gasteiger partial charge in [-0.15, -0.1) is 0 Å². The van der Waals surface area contributed by atoms with Crippen LogP contribution in [0.2, 0.25) is 5.02 Å². The maximum atomic E-state index is 13.4. The average Bonchev–Trinajstić information content (AvgIpc) is 3.09. The van der Waals surface area contributed by atoms with Gasteiger partial charge in [-0.2, -0.15) is 5.10 Å². The molecule has 2 nitrogen and oxygen atoms in total. The van der Waals surface area contributed by atoms with Crippen molar-refractivity contribution < 1.29 is 4.39 Å². The fourth-order valence-corrected chi connectivity index (χ4v) is 3.49. The molecule has 0 bridgehead atoms. The molecule has 1 aliphatic heterocycles. The van der Waals surface area contributed by atoms with Crippen molar-refractivity contribution in [2.45, 2.75) is 12.5 Å². The molecule has 1 atom stereocenters. The van der Waals surface area contributed by atoms with Gasteiger partial charge in [0, 0.05) is 15.9 Å². The fourth-order valence-electron chi connectivity index (χ4n) is 3.10. The Morgan fingerprint density at radius 2 is 1.58 bits per heavy atom. The zero-order valence-electron chi connectivity index (χ0n) is 13.7. The molecule has 0 N–H and O–H groups in total.